The van der Waals surface area contributed by atoms with Crippen LogP contribution < -0.4 is 0 Å². The molecule has 0 aliphatic heterocycles. The number of phenolic OH excluding ortho intramolecular Hbond substituents is 1. The minimum atomic E-state index is -0.405. The van der Waals surface area contributed by atoms with Crippen LogP contribution >= 0.6 is 0 Å². The van der Waals surface area contributed by atoms with Crippen molar-refractivity contribution in [3.63, 3.8) is 0 Å². The lowest BCUT2D eigenvalue weighted by atomic mass is 10.1. The summed E-state index contributed by atoms with van der Waals surface area (Å²) in [5, 5.41) is 9.53. The molecule has 0 radical (unpaired) electrons. The molecular weight excluding hydrogens is 192 g/mol. The van der Waals surface area contributed by atoms with Crippen LogP contribution in [0.15, 0.2) is 24.3 Å². The Morgan fingerprint density at radius 1 is 1.53 bits per heavy atom. The number of benzene rings is 1. The van der Waals surface area contributed by atoms with Gasteiger partial charge in [-0.2, -0.15) is 0 Å². The molecule has 0 saturated heterocycles. The van der Waals surface area contributed by atoms with Crippen molar-refractivity contribution in [2.45, 2.75) is 13.8 Å². The van der Waals surface area contributed by atoms with E-state index in [1.54, 1.807) is 19.1 Å². The first kappa shape index (κ1) is 11.3. The van der Waals surface area contributed by atoms with E-state index in [0.29, 0.717) is 12.2 Å². The highest BCUT2D eigenvalue weighted by molar-refractivity contribution is 5.87. The molecule has 0 heterocycles. The molecule has 0 unspecified atom stereocenters. The van der Waals surface area contributed by atoms with E-state index >= 15 is 0 Å². The molecule has 3 heteroatoms. The maximum Gasteiger partial charge on any atom is 0.330 e. The zero-order chi connectivity index (χ0) is 11.3. The van der Waals surface area contributed by atoms with Gasteiger partial charge in [-0.3, -0.25) is 0 Å². The van der Waals surface area contributed by atoms with Crippen molar-refractivity contribution in [1.29, 1.82) is 0 Å². The van der Waals surface area contributed by atoms with Crippen LogP contribution in [-0.2, 0) is 9.53 Å². The molecule has 15 heavy (non-hydrogen) atoms. The topological polar surface area (TPSA) is 46.5 Å². The lowest BCUT2D eigenvalue weighted by Crippen LogP contribution is -1.98. The molecule has 0 aliphatic carbocycles. The Bertz CT molecular complexity index is 380. The maximum absolute atomic E-state index is 11.0. The minimum Gasteiger partial charge on any atom is -0.507 e. The fourth-order valence-electron chi connectivity index (χ4n) is 1.14. The molecule has 1 aromatic carbocycles. The van der Waals surface area contributed by atoms with E-state index < -0.39 is 5.97 Å². The van der Waals surface area contributed by atoms with Crippen LogP contribution in [0.5, 0.6) is 5.75 Å². The van der Waals surface area contributed by atoms with Gasteiger partial charge in [0.15, 0.2) is 0 Å². The van der Waals surface area contributed by atoms with E-state index in [2.05, 4.69) is 0 Å². The number of rotatable bonds is 3. The number of esters is 1. The molecule has 80 valence electrons. The molecule has 0 fully saturated rings. The number of hydrogen-bond acceptors (Lipinski definition) is 3. The van der Waals surface area contributed by atoms with Gasteiger partial charge in [0.05, 0.1) is 6.61 Å². The normalized spacial score (nSPS) is 10.5. The third kappa shape index (κ3) is 3.46. The Hall–Kier alpha value is -1.77. The fourth-order valence-corrected chi connectivity index (χ4v) is 1.14. The number of phenols is 1. The van der Waals surface area contributed by atoms with E-state index in [0.717, 1.165) is 5.56 Å². The summed E-state index contributed by atoms with van der Waals surface area (Å²) in [5.74, 6) is -0.243. The highest BCUT2D eigenvalue weighted by atomic mass is 16.5. The summed E-state index contributed by atoms with van der Waals surface area (Å²) >= 11 is 0. The van der Waals surface area contributed by atoms with Gasteiger partial charge in [-0.05, 0) is 31.6 Å². The molecule has 1 aromatic rings. The quantitative estimate of drug-likeness (QED) is 0.609. The molecule has 0 aliphatic rings. The Labute approximate surface area is 89.0 Å². The van der Waals surface area contributed by atoms with E-state index in [-0.39, 0.29) is 5.75 Å². The second-order valence-electron chi connectivity index (χ2n) is 3.15. The first-order valence-electron chi connectivity index (χ1n) is 4.78. The SMILES string of the molecule is CCOC(=O)/C=C/c1ccc(C)cc1O. The number of ether oxygens (including phenoxy) is 1. The van der Waals surface area contributed by atoms with E-state index in [1.807, 2.05) is 13.0 Å². The zero-order valence-corrected chi connectivity index (χ0v) is 8.86. The predicted molar refractivity (Wildman–Crippen MR) is 58.5 cm³/mol. The van der Waals surface area contributed by atoms with Crippen molar-refractivity contribution in [3.8, 4) is 5.75 Å². The van der Waals surface area contributed by atoms with Gasteiger partial charge in [-0.15, -0.1) is 0 Å². The van der Waals surface area contributed by atoms with Crippen LogP contribution in [0.25, 0.3) is 6.08 Å². The third-order valence-electron chi connectivity index (χ3n) is 1.87. The third-order valence-corrected chi connectivity index (χ3v) is 1.87. The van der Waals surface area contributed by atoms with Crippen LogP contribution in [0.1, 0.15) is 18.1 Å². The molecular formula is C12H14O3. The Morgan fingerprint density at radius 2 is 2.27 bits per heavy atom. The number of aryl methyl sites for hydroxylation is 1. The lowest BCUT2D eigenvalue weighted by Gasteiger charge is -2.00. The highest BCUT2D eigenvalue weighted by Crippen LogP contribution is 2.19. The maximum atomic E-state index is 11.0. The van der Waals surface area contributed by atoms with Gasteiger partial charge in [0.1, 0.15) is 5.75 Å². The predicted octanol–water partition coefficient (Wildman–Crippen LogP) is 2.28. The van der Waals surface area contributed by atoms with Gasteiger partial charge >= 0.3 is 5.97 Å². The van der Waals surface area contributed by atoms with Crippen LogP contribution in [0.2, 0.25) is 0 Å². The molecule has 0 saturated carbocycles. The van der Waals surface area contributed by atoms with Gasteiger partial charge in [-0.25, -0.2) is 4.79 Å². The van der Waals surface area contributed by atoms with E-state index in [9.17, 15) is 9.90 Å². The second-order valence-corrected chi connectivity index (χ2v) is 3.15. The molecule has 1 N–H and O–H groups in total. The van der Waals surface area contributed by atoms with Gasteiger partial charge in [0.2, 0.25) is 0 Å². The first-order chi connectivity index (χ1) is 7.13. The summed E-state index contributed by atoms with van der Waals surface area (Å²) < 4.78 is 4.72. The Balaban J connectivity index is 2.76. The minimum absolute atomic E-state index is 0.163. The fraction of sp³-hybridized carbons (Fsp3) is 0.250. The molecule has 0 aromatic heterocycles. The molecule has 0 atom stereocenters. The standard InChI is InChI=1S/C12H14O3/c1-3-15-12(14)7-6-10-5-4-9(2)8-11(10)13/h4-8,13H,3H2,1-2H3/b7-6+. The zero-order valence-electron chi connectivity index (χ0n) is 8.86. The number of hydrogen-bond donors (Lipinski definition) is 1. The molecule has 1 rings (SSSR count). The highest BCUT2D eigenvalue weighted by Gasteiger charge is 1.98. The van der Waals surface area contributed by atoms with Gasteiger partial charge in [0, 0.05) is 11.6 Å². The van der Waals surface area contributed by atoms with Crippen LogP contribution in [0.3, 0.4) is 0 Å². The largest absolute Gasteiger partial charge is 0.507 e. The van der Waals surface area contributed by atoms with Crippen molar-refractivity contribution in [1.82, 2.24) is 0 Å². The lowest BCUT2D eigenvalue weighted by molar-refractivity contribution is -0.137. The Morgan fingerprint density at radius 3 is 2.87 bits per heavy atom. The smallest absolute Gasteiger partial charge is 0.330 e. The van der Waals surface area contributed by atoms with Crippen LogP contribution in [0, 0.1) is 6.92 Å². The van der Waals surface area contributed by atoms with Crippen LogP contribution in [0.4, 0.5) is 0 Å². The summed E-state index contributed by atoms with van der Waals surface area (Å²) in [6, 6.07) is 5.26. The van der Waals surface area contributed by atoms with Gasteiger partial charge in [-0.1, -0.05) is 12.1 Å². The van der Waals surface area contributed by atoms with E-state index in [1.165, 1.54) is 12.2 Å². The monoisotopic (exact) mass is 206 g/mol. The van der Waals surface area contributed by atoms with Crippen molar-refractivity contribution >= 4 is 12.0 Å². The van der Waals surface area contributed by atoms with Crippen molar-refractivity contribution in [2.24, 2.45) is 0 Å². The molecule has 0 amide bonds. The van der Waals surface area contributed by atoms with Gasteiger partial charge < -0.3 is 9.84 Å². The van der Waals surface area contributed by atoms with E-state index in [4.69, 9.17) is 4.74 Å². The van der Waals surface area contributed by atoms with Crippen molar-refractivity contribution in [3.05, 3.63) is 35.4 Å². The number of carbonyl (C=O) groups excluding carboxylic acids is 1. The summed E-state index contributed by atoms with van der Waals surface area (Å²) in [6.45, 7) is 3.98. The first-order valence-corrected chi connectivity index (χ1v) is 4.78. The average molecular weight is 206 g/mol. The van der Waals surface area contributed by atoms with Crippen molar-refractivity contribution < 1.29 is 14.6 Å². The number of aromatic hydroxyl groups is 1. The molecule has 0 spiro atoms. The Kier molecular flexibility index (Phi) is 3.92. The molecule has 0 bridgehead atoms. The summed E-state index contributed by atoms with van der Waals surface area (Å²) in [5.41, 5.74) is 1.58. The summed E-state index contributed by atoms with van der Waals surface area (Å²) in [6.07, 6.45) is 2.83. The van der Waals surface area contributed by atoms with Crippen LogP contribution in [-0.4, -0.2) is 17.7 Å². The summed E-state index contributed by atoms with van der Waals surface area (Å²) in [7, 11) is 0. The average Bonchev–Trinajstić information content (AvgIpc) is 2.17. The second kappa shape index (κ2) is 5.20. The number of carbonyl (C=O) groups is 1. The summed E-state index contributed by atoms with van der Waals surface area (Å²) in [4.78, 5) is 11.0. The molecule has 3 nitrogen and oxygen atoms in total. The van der Waals surface area contributed by atoms with Gasteiger partial charge in [0.25, 0.3) is 0 Å². The van der Waals surface area contributed by atoms with Crippen molar-refractivity contribution in [2.75, 3.05) is 6.61 Å².